The summed E-state index contributed by atoms with van der Waals surface area (Å²) in [6.45, 7) is 1.65. The fourth-order valence-electron chi connectivity index (χ4n) is 5.31. The van der Waals surface area contributed by atoms with E-state index in [1.807, 2.05) is 36.4 Å². The van der Waals surface area contributed by atoms with Crippen molar-refractivity contribution in [2.45, 2.75) is 31.4 Å². The average Bonchev–Trinajstić information content (AvgIpc) is 3.72. The van der Waals surface area contributed by atoms with Gasteiger partial charge in [0.25, 0.3) is 0 Å². The van der Waals surface area contributed by atoms with E-state index in [9.17, 15) is 23.1 Å². The third kappa shape index (κ3) is 4.75. The van der Waals surface area contributed by atoms with Gasteiger partial charge in [-0.05, 0) is 59.7 Å². The summed E-state index contributed by atoms with van der Waals surface area (Å²) in [6.07, 6.45) is -3.64. The van der Waals surface area contributed by atoms with E-state index in [0.717, 1.165) is 11.1 Å². The Balaban J connectivity index is 1.52. The summed E-state index contributed by atoms with van der Waals surface area (Å²) in [5.74, 6) is -0.682. The Morgan fingerprint density at radius 2 is 1.49 bits per heavy atom. The first-order chi connectivity index (χ1) is 19.7. The normalized spacial score (nSPS) is 14.0. The monoisotopic (exact) mass is 554 g/mol. The van der Waals surface area contributed by atoms with E-state index in [0.29, 0.717) is 35.2 Å². The molecule has 0 radical (unpaired) electrons. The van der Waals surface area contributed by atoms with E-state index in [1.165, 1.54) is 12.1 Å². The summed E-state index contributed by atoms with van der Waals surface area (Å²) < 4.78 is 49.5. The van der Waals surface area contributed by atoms with Crippen molar-refractivity contribution in [1.29, 1.82) is 0 Å². The standard InChI is InChI=1S/C33H25F3N2O3/c1-20-29(37-27-14-8-13-25(28(27)33(34,35)36)22-11-6-3-7-12-22)30(41-38-20)26-19-23(32(17-18-32)31(39)40)15-16-24(26)21-9-4-2-5-10-21/h2-16,19,37H,17-18H2,1H3,(H,39,40). The summed E-state index contributed by atoms with van der Waals surface area (Å²) in [5.41, 5.74) is 1.91. The minimum Gasteiger partial charge on any atom is -0.481 e. The second-order valence-electron chi connectivity index (χ2n) is 10.2. The van der Waals surface area contributed by atoms with E-state index >= 15 is 0 Å². The minimum absolute atomic E-state index is 0.0443. The van der Waals surface area contributed by atoms with Crippen LogP contribution >= 0.6 is 0 Å². The van der Waals surface area contributed by atoms with Gasteiger partial charge < -0.3 is 14.9 Å². The van der Waals surface area contributed by atoms with Gasteiger partial charge in [0.2, 0.25) is 0 Å². The maximum atomic E-state index is 14.6. The van der Waals surface area contributed by atoms with Crippen LogP contribution in [0.1, 0.15) is 29.7 Å². The predicted molar refractivity (Wildman–Crippen MR) is 151 cm³/mol. The van der Waals surface area contributed by atoms with Gasteiger partial charge in [0.15, 0.2) is 5.76 Å². The molecule has 0 atom stereocenters. The van der Waals surface area contributed by atoms with Gasteiger partial charge in [-0.2, -0.15) is 13.2 Å². The Morgan fingerprint density at radius 1 is 0.854 bits per heavy atom. The van der Waals surface area contributed by atoms with Gasteiger partial charge in [0.05, 0.1) is 16.7 Å². The Labute approximate surface area is 234 Å². The van der Waals surface area contributed by atoms with Crippen LogP contribution in [-0.4, -0.2) is 16.2 Å². The highest BCUT2D eigenvalue weighted by molar-refractivity contribution is 5.92. The molecule has 5 aromatic rings. The zero-order valence-electron chi connectivity index (χ0n) is 22.0. The number of nitrogens with one attached hydrogen (secondary N) is 1. The van der Waals surface area contributed by atoms with Gasteiger partial charge in [-0.3, -0.25) is 4.79 Å². The lowest BCUT2D eigenvalue weighted by Crippen LogP contribution is -2.19. The third-order valence-corrected chi connectivity index (χ3v) is 7.62. The number of carboxylic acid groups (broad SMARTS) is 1. The van der Waals surface area contributed by atoms with Gasteiger partial charge in [-0.1, -0.05) is 90.1 Å². The van der Waals surface area contributed by atoms with Crippen LogP contribution in [0.25, 0.3) is 33.6 Å². The van der Waals surface area contributed by atoms with Crippen LogP contribution in [0.3, 0.4) is 0 Å². The molecule has 1 aliphatic carbocycles. The number of aromatic nitrogens is 1. The predicted octanol–water partition coefficient (Wildman–Crippen LogP) is 8.86. The van der Waals surface area contributed by atoms with Gasteiger partial charge >= 0.3 is 12.1 Å². The molecule has 1 aromatic heterocycles. The van der Waals surface area contributed by atoms with E-state index in [-0.39, 0.29) is 22.7 Å². The molecule has 0 spiro atoms. The average molecular weight is 555 g/mol. The van der Waals surface area contributed by atoms with E-state index in [4.69, 9.17) is 4.52 Å². The van der Waals surface area contributed by atoms with Crippen molar-refractivity contribution in [3.63, 3.8) is 0 Å². The summed E-state index contributed by atoms with van der Waals surface area (Å²) in [6, 6.07) is 27.7. The van der Waals surface area contributed by atoms with Crippen LogP contribution in [0.15, 0.2) is 102 Å². The highest BCUT2D eigenvalue weighted by Gasteiger charge is 2.52. The summed E-state index contributed by atoms with van der Waals surface area (Å²) in [5, 5.41) is 17.0. The molecule has 1 fully saturated rings. The molecule has 4 aromatic carbocycles. The fraction of sp³-hybridized carbons (Fsp3) is 0.152. The van der Waals surface area contributed by atoms with E-state index < -0.39 is 23.1 Å². The number of hydrogen-bond acceptors (Lipinski definition) is 4. The first-order valence-corrected chi connectivity index (χ1v) is 13.1. The van der Waals surface area contributed by atoms with Crippen molar-refractivity contribution in [3.05, 3.63) is 114 Å². The van der Waals surface area contributed by atoms with Crippen molar-refractivity contribution in [3.8, 4) is 33.6 Å². The number of carboxylic acids is 1. The molecule has 0 bridgehead atoms. The van der Waals surface area contributed by atoms with Gasteiger partial charge in [0, 0.05) is 5.56 Å². The number of halogens is 3. The molecule has 0 unspecified atom stereocenters. The van der Waals surface area contributed by atoms with Gasteiger partial charge in [-0.25, -0.2) is 0 Å². The van der Waals surface area contributed by atoms with Crippen molar-refractivity contribution in [1.82, 2.24) is 5.16 Å². The zero-order valence-corrected chi connectivity index (χ0v) is 22.0. The molecule has 41 heavy (non-hydrogen) atoms. The Kier molecular flexibility index (Phi) is 6.41. The molecule has 206 valence electrons. The maximum absolute atomic E-state index is 14.6. The van der Waals surface area contributed by atoms with Gasteiger partial charge in [0.1, 0.15) is 11.4 Å². The molecule has 5 nitrogen and oxygen atoms in total. The number of carbonyl (C=O) groups is 1. The Hall–Kier alpha value is -4.85. The van der Waals surface area contributed by atoms with Crippen LogP contribution in [-0.2, 0) is 16.4 Å². The molecule has 2 N–H and O–H groups in total. The van der Waals surface area contributed by atoms with Crippen LogP contribution in [0, 0.1) is 6.92 Å². The van der Waals surface area contributed by atoms with Crippen LogP contribution in [0.5, 0.6) is 0 Å². The first kappa shape index (κ1) is 26.4. The highest BCUT2D eigenvalue weighted by Crippen LogP contribution is 2.51. The number of alkyl halides is 3. The molecule has 0 saturated heterocycles. The van der Waals surface area contributed by atoms with E-state index in [2.05, 4.69) is 10.5 Å². The molecule has 1 aliphatic rings. The molecule has 0 aliphatic heterocycles. The van der Waals surface area contributed by atoms with Crippen molar-refractivity contribution in [2.75, 3.05) is 5.32 Å². The Bertz CT molecular complexity index is 1740. The molecular weight excluding hydrogens is 529 g/mol. The number of aliphatic carboxylic acids is 1. The lowest BCUT2D eigenvalue weighted by Gasteiger charge is -2.19. The number of benzene rings is 4. The first-order valence-electron chi connectivity index (χ1n) is 13.1. The van der Waals surface area contributed by atoms with Crippen LogP contribution in [0.2, 0.25) is 0 Å². The SMILES string of the molecule is Cc1noc(-c2cc(C3(C(=O)O)CC3)ccc2-c2ccccc2)c1Nc1cccc(-c2ccccc2)c1C(F)(F)F. The quantitative estimate of drug-likeness (QED) is 0.210. The summed E-state index contributed by atoms with van der Waals surface area (Å²) >= 11 is 0. The number of rotatable bonds is 7. The lowest BCUT2D eigenvalue weighted by molar-refractivity contribution is -0.140. The molecule has 6 rings (SSSR count). The van der Waals surface area contributed by atoms with E-state index in [1.54, 1.807) is 55.5 Å². The topological polar surface area (TPSA) is 75.4 Å². The smallest absolute Gasteiger partial charge is 0.419 e. The second-order valence-corrected chi connectivity index (χ2v) is 10.2. The lowest BCUT2D eigenvalue weighted by atomic mass is 9.89. The number of nitrogens with zero attached hydrogens (tertiary/aromatic N) is 1. The number of anilines is 2. The van der Waals surface area contributed by atoms with Crippen LogP contribution in [0.4, 0.5) is 24.5 Å². The highest BCUT2D eigenvalue weighted by atomic mass is 19.4. The summed E-state index contributed by atoms with van der Waals surface area (Å²) in [4.78, 5) is 12.1. The van der Waals surface area contributed by atoms with Crippen LogP contribution < -0.4 is 5.32 Å². The van der Waals surface area contributed by atoms with Gasteiger partial charge in [-0.15, -0.1) is 0 Å². The van der Waals surface area contributed by atoms with Crippen molar-refractivity contribution in [2.24, 2.45) is 0 Å². The molecule has 1 saturated carbocycles. The minimum atomic E-state index is -4.66. The molecule has 8 heteroatoms. The third-order valence-electron chi connectivity index (χ3n) is 7.62. The molecule has 0 amide bonds. The maximum Gasteiger partial charge on any atom is 0.419 e. The second kappa shape index (κ2) is 9.96. The van der Waals surface area contributed by atoms with Crippen molar-refractivity contribution < 1.29 is 27.6 Å². The fourth-order valence-corrected chi connectivity index (χ4v) is 5.31. The molecular formula is C33H25F3N2O3. The number of hydrogen-bond donors (Lipinski definition) is 2. The number of aryl methyl sites for hydroxylation is 1. The Morgan fingerprint density at radius 3 is 2.07 bits per heavy atom. The molecule has 1 heterocycles. The largest absolute Gasteiger partial charge is 0.481 e. The summed E-state index contributed by atoms with van der Waals surface area (Å²) in [7, 11) is 0. The van der Waals surface area contributed by atoms with Crippen molar-refractivity contribution >= 4 is 17.3 Å². The zero-order chi connectivity index (χ0) is 28.8.